The number of hydrogen-bond donors (Lipinski definition) is 2. The van der Waals surface area contributed by atoms with Gasteiger partial charge >= 0.3 is 0 Å². The van der Waals surface area contributed by atoms with Crippen LogP contribution in [0.1, 0.15) is 30.7 Å². The Morgan fingerprint density at radius 3 is 2.86 bits per heavy atom. The van der Waals surface area contributed by atoms with Crippen molar-refractivity contribution < 1.29 is 13.2 Å². The Balaban J connectivity index is 2.09. The lowest BCUT2D eigenvalue weighted by Gasteiger charge is -2.15. The molecule has 2 atom stereocenters. The van der Waals surface area contributed by atoms with Crippen LogP contribution in [0.4, 0.5) is 0 Å². The number of nitrogens with one attached hydrogen (secondary N) is 2. The minimum Gasteiger partial charge on any atom is -0.378 e. The molecule has 2 N–H and O–H groups in total. The molecule has 7 heteroatoms. The maximum atomic E-state index is 12.6. The summed E-state index contributed by atoms with van der Waals surface area (Å²) >= 11 is 1.50. The van der Waals surface area contributed by atoms with Crippen molar-refractivity contribution in [3.05, 3.63) is 15.8 Å². The van der Waals surface area contributed by atoms with E-state index in [9.17, 15) is 8.42 Å². The second-order valence-corrected chi connectivity index (χ2v) is 8.10. The molecule has 120 valence electrons. The topological polar surface area (TPSA) is 67.4 Å². The van der Waals surface area contributed by atoms with E-state index in [4.69, 9.17) is 4.74 Å². The van der Waals surface area contributed by atoms with E-state index in [0.717, 1.165) is 30.0 Å². The van der Waals surface area contributed by atoms with Crippen molar-refractivity contribution in [1.82, 2.24) is 10.0 Å². The molecule has 2 heterocycles. The van der Waals surface area contributed by atoms with Crippen LogP contribution in [0.25, 0.3) is 0 Å². The fraction of sp³-hybridized carbons (Fsp3) is 0.714. The lowest BCUT2D eigenvalue weighted by Crippen LogP contribution is -2.32. The van der Waals surface area contributed by atoms with Crippen molar-refractivity contribution in [3.63, 3.8) is 0 Å². The van der Waals surface area contributed by atoms with Crippen molar-refractivity contribution >= 4 is 21.4 Å². The highest BCUT2D eigenvalue weighted by Crippen LogP contribution is 2.27. The van der Waals surface area contributed by atoms with Gasteiger partial charge in [0, 0.05) is 30.5 Å². The summed E-state index contributed by atoms with van der Waals surface area (Å²) in [6, 6.07) is 0. The Morgan fingerprint density at radius 1 is 1.48 bits per heavy atom. The van der Waals surface area contributed by atoms with Crippen molar-refractivity contribution in [1.29, 1.82) is 0 Å². The zero-order chi connectivity index (χ0) is 15.5. The van der Waals surface area contributed by atoms with Crippen LogP contribution in [0, 0.1) is 12.8 Å². The summed E-state index contributed by atoms with van der Waals surface area (Å²) in [4.78, 5) is 1.32. The highest BCUT2D eigenvalue weighted by molar-refractivity contribution is 7.89. The van der Waals surface area contributed by atoms with Gasteiger partial charge in [-0.1, -0.05) is 6.92 Å². The minimum absolute atomic E-state index is 0.123. The molecule has 1 aliphatic rings. The molecule has 21 heavy (non-hydrogen) atoms. The highest BCUT2D eigenvalue weighted by atomic mass is 32.2. The van der Waals surface area contributed by atoms with Gasteiger partial charge in [-0.15, -0.1) is 11.3 Å². The molecule has 1 aromatic heterocycles. The van der Waals surface area contributed by atoms with Crippen LogP contribution >= 0.6 is 11.3 Å². The van der Waals surface area contributed by atoms with Crippen LogP contribution in [0.3, 0.4) is 0 Å². The molecule has 0 amide bonds. The molecule has 2 rings (SSSR count). The van der Waals surface area contributed by atoms with Gasteiger partial charge in [-0.3, -0.25) is 0 Å². The highest BCUT2D eigenvalue weighted by Gasteiger charge is 2.28. The maximum Gasteiger partial charge on any atom is 0.241 e. The fourth-order valence-electron chi connectivity index (χ4n) is 2.54. The van der Waals surface area contributed by atoms with Crippen LogP contribution < -0.4 is 10.0 Å². The molecule has 5 nitrogen and oxygen atoms in total. The van der Waals surface area contributed by atoms with Crippen LogP contribution in [-0.2, 0) is 21.3 Å². The lowest BCUT2D eigenvalue weighted by atomic mass is 10.0. The van der Waals surface area contributed by atoms with Crippen molar-refractivity contribution in [2.45, 2.75) is 44.7 Å². The first-order chi connectivity index (χ1) is 9.95. The van der Waals surface area contributed by atoms with Gasteiger partial charge < -0.3 is 10.1 Å². The molecule has 0 spiro atoms. The van der Waals surface area contributed by atoms with Gasteiger partial charge in [0.15, 0.2) is 0 Å². The van der Waals surface area contributed by atoms with Crippen LogP contribution in [0.2, 0.25) is 0 Å². The fourth-order valence-corrected chi connectivity index (χ4v) is 5.41. The standard InChI is InChI=1S/C14H24N2O3S2/c1-4-15-8-13-14(10(2)9-20-13)21(17,18)16-7-12-5-6-19-11(12)3/h9,11-12,15-16H,4-8H2,1-3H3. The van der Waals surface area contributed by atoms with Gasteiger partial charge in [0.25, 0.3) is 0 Å². The Morgan fingerprint density at radius 2 is 2.24 bits per heavy atom. The van der Waals surface area contributed by atoms with Crippen molar-refractivity contribution in [3.8, 4) is 0 Å². The van der Waals surface area contributed by atoms with E-state index in [-0.39, 0.29) is 12.0 Å². The van der Waals surface area contributed by atoms with E-state index in [1.165, 1.54) is 11.3 Å². The summed E-state index contributed by atoms with van der Waals surface area (Å²) in [5.74, 6) is 0.260. The Hall–Kier alpha value is -0.470. The van der Waals surface area contributed by atoms with Gasteiger partial charge in [0.05, 0.1) is 6.10 Å². The zero-order valence-corrected chi connectivity index (χ0v) is 14.4. The minimum atomic E-state index is -3.45. The molecule has 0 radical (unpaired) electrons. The van der Waals surface area contributed by atoms with Crippen molar-refractivity contribution in [2.24, 2.45) is 5.92 Å². The number of aryl methyl sites for hydroxylation is 1. The predicted molar refractivity (Wildman–Crippen MR) is 85.1 cm³/mol. The quantitative estimate of drug-likeness (QED) is 0.800. The number of sulfonamides is 1. The molecule has 2 unspecified atom stereocenters. The third-order valence-electron chi connectivity index (χ3n) is 3.86. The first-order valence-electron chi connectivity index (χ1n) is 7.34. The predicted octanol–water partition coefficient (Wildman–Crippen LogP) is 1.87. The SMILES string of the molecule is CCNCc1scc(C)c1S(=O)(=O)NCC1CCOC1C. The molecule has 1 fully saturated rings. The van der Waals surface area contributed by atoms with Gasteiger partial charge in [0.1, 0.15) is 4.90 Å². The smallest absolute Gasteiger partial charge is 0.241 e. The summed E-state index contributed by atoms with van der Waals surface area (Å²) < 4.78 is 33.4. The average Bonchev–Trinajstić information content (AvgIpc) is 3.00. The van der Waals surface area contributed by atoms with E-state index in [0.29, 0.717) is 18.0 Å². The third kappa shape index (κ3) is 4.04. The van der Waals surface area contributed by atoms with Crippen molar-refractivity contribution in [2.75, 3.05) is 19.7 Å². The molecule has 1 aliphatic heterocycles. The molecule has 1 aromatic rings. The van der Waals surface area contributed by atoms with Gasteiger partial charge in [-0.2, -0.15) is 0 Å². The number of hydrogen-bond acceptors (Lipinski definition) is 5. The average molecular weight is 332 g/mol. The van der Waals surface area contributed by atoms with Crippen LogP contribution in [0.5, 0.6) is 0 Å². The van der Waals surface area contributed by atoms with E-state index in [1.54, 1.807) is 0 Å². The van der Waals surface area contributed by atoms with Gasteiger partial charge in [0.2, 0.25) is 10.0 Å². The van der Waals surface area contributed by atoms with Crippen LogP contribution in [0.15, 0.2) is 10.3 Å². The number of thiophene rings is 1. The summed E-state index contributed by atoms with van der Waals surface area (Å²) in [5.41, 5.74) is 0.816. The third-order valence-corrected chi connectivity index (χ3v) is 6.75. The summed E-state index contributed by atoms with van der Waals surface area (Å²) in [5, 5.41) is 5.10. The molecule has 0 saturated carbocycles. The first-order valence-corrected chi connectivity index (χ1v) is 9.71. The Labute approximate surface area is 131 Å². The lowest BCUT2D eigenvalue weighted by molar-refractivity contribution is 0.107. The molecule has 0 aliphatic carbocycles. The number of rotatable bonds is 7. The monoisotopic (exact) mass is 332 g/mol. The normalized spacial score (nSPS) is 22.8. The summed E-state index contributed by atoms with van der Waals surface area (Å²) in [6.45, 7) is 8.43. The van der Waals surface area contributed by atoms with Gasteiger partial charge in [-0.05, 0) is 37.8 Å². The molecular weight excluding hydrogens is 308 g/mol. The first kappa shape index (κ1) is 16.9. The van der Waals surface area contributed by atoms with E-state index in [1.807, 2.05) is 26.2 Å². The number of ether oxygens (including phenoxy) is 1. The van der Waals surface area contributed by atoms with E-state index < -0.39 is 10.0 Å². The summed E-state index contributed by atoms with van der Waals surface area (Å²) in [7, 11) is -3.45. The van der Waals surface area contributed by atoms with E-state index >= 15 is 0 Å². The molecule has 0 aromatic carbocycles. The molecule has 0 bridgehead atoms. The molecule has 1 saturated heterocycles. The largest absolute Gasteiger partial charge is 0.378 e. The van der Waals surface area contributed by atoms with Crippen LogP contribution in [-0.4, -0.2) is 34.2 Å². The Kier molecular flexibility index (Phi) is 5.79. The van der Waals surface area contributed by atoms with E-state index in [2.05, 4.69) is 10.0 Å². The second kappa shape index (κ2) is 7.19. The zero-order valence-electron chi connectivity index (χ0n) is 12.8. The maximum absolute atomic E-state index is 12.6. The summed E-state index contributed by atoms with van der Waals surface area (Å²) in [6.07, 6.45) is 1.04. The second-order valence-electron chi connectivity index (χ2n) is 5.43. The van der Waals surface area contributed by atoms with Gasteiger partial charge in [-0.25, -0.2) is 13.1 Å². The Bertz CT molecular complexity index is 569. The molecular formula is C14H24N2O3S2.